The van der Waals surface area contributed by atoms with Gasteiger partial charge >= 0.3 is 0 Å². The van der Waals surface area contributed by atoms with Crippen molar-refractivity contribution >= 4 is 17.5 Å². The van der Waals surface area contributed by atoms with Crippen molar-refractivity contribution in [3.8, 4) is 0 Å². The largest absolute Gasteiger partial charge is 0.355 e. The molecule has 1 aromatic carbocycles. The number of hydrogen-bond acceptors (Lipinski definition) is 2. The first kappa shape index (κ1) is 11.2. The van der Waals surface area contributed by atoms with E-state index in [0.29, 0.717) is 17.7 Å². The van der Waals surface area contributed by atoms with Crippen molar-refractivity contribution in [2.45, 2.75) is 13.3 Å². The van der Waals surface area contributed by atoms with Crippen LogP contribution in [0.2, 0.25) is 0 Å². The van der Waals surface area contributed by atoms with Crippen molar-refractivity contribution in [2.24, 2.45) is 0 Å². The normalized spacial score (nSPS) is 9.47. The van der Waals surface area contributed by atoms with Gasteiger partial charge < -0.3 is 10.6 Å². The van der Waals surface area contributed by atoms with Crippen LogP contribution in [0.4, 0.5) is 5.69 Å². The van der Waals surface area contributed by atoms with E-state index in [-0.39, 0.29) is 11.8 Å². The van der Waals surface area contributed by atoms with E-state index in [9.17, 15) is 9.59 Å². The van der Waals surface area contributed by atoms with Crippen LogP contribution in [0, 0.1) is 0 Å². The molecule has 4 nitrogen and oxygen atoms in total. The summed E-state index contributed by atoms with van der Waals surface area (Å²) in [5, 5.41) is 5.22. The predicted octanol–water partition coefficient (Wildman–Crippen LogP) is 1.39. The maximum atomic E-state index is 11.3. The van der Waals surface area contributed by atoms with Crippen molar-refractivity contribution in [3.63, 3.8) is 0 Å². The molecule has 0 aliphatic carbocycles. The van der Waals surface area contributed by atoms with E-state index in [0.717, 1.165) is 0 Å². The van der Waals surface area contributed by atoms with Gasteiger partial charge in [0.15, 0.2) is 0 Å². The van der Waals surface area contributed by atoms with E-state index >= 15 is 0 Å². The quantitative estimate of drug-likeness (QED) is 0.785. The third-order valence-corrected chi connectivity index (χ3v) is 1.96. The molecule has 0 spiro atoms. The van der Waals surface area contributed by atoms with Crippen LogP contribution in [0.1, 0.15) is 23.7 Å². The number of rotatable bonds is 3. The SMILES string of the molecule is CCC(=O)Nc1cccc(C(=O)NC)c1. The minimum Gasteiger partial charge on any atom is -0.355 e. The molecule has 0 heterocycles. The molecule has 2 amide bonds. The predicted molar refractivity (Wildman–Crippen MR) is 58.8 cm³/mol. The van der Waals surface area contributed by atoms with Crippen LogP contribution in [-0.2, 0) is 4.79 Å². The molecule has 0 fully saturated rings. The summed E-state index contributed by atoms with van der Waals surface area (Å²) in [5.41, 5.74) is 1.18. The lowest BCUT2D eigenvalue weighted by atomic mass is 10.2. The molecule has 0 bridgehead atoms. The molecule has 0 unspecified atom stereocenters. The molecule has 1 rings (SSSR count). The van der Waals surface area contributed by atoms with Gasteiger partial charge in [-0.2, -0.15) is 0 Å². The molecule has 15 heavy (non-hydrogen) atoms. The van der Waals surface area contributed by atoms with Crippen molar-refractivity contribution in [3.05, 3.63) is 29.8 Å². The summed E-state index contributed by atoms with van der Waals surface area (Å²) in [6, 6.07) is 6.82. The average molecular weight is 206 g/mol. The Kier molecular flexibility index (Phi) is 3.85. The molecule has 80 valence electrons. The Morgan fingerprint density at radius 3 is 2.67 bits per heavy atom. The van der Waals surface area contributed by atoms with Crippen LogP contribution in [0.15, 0.2) is 24.3 Å². The van der Waals surface area contributed by atoms with Gasteiger partial charge in [0, 0.05) is 24.7 Å². The van der Waals surface area contributed by atoms with Crippen molar-refractivity contribution < 1.29 is 9.59 Å². The summed E-state index contributed by atoms with van der Waals surface area (Å²) in [4.78, 5) is 22.4. The molecule has 0 aromatic heterocycles. The second-order valence-corrected chi connectivity index (χ2v) is 3.06. The smallest absolute Gasteiger partial charge is 0.251 e. The molecule has 4 heteroatoms. The molecular formula is C11H14N2O2. The Morgan fingerprint density at radius 2 is 2.07 bits per heavy atom. The van der Waals surface area contributed by atoms with Crippen LogP contribution >= 0.6 is 0 Å². The molecular weight excluding hydrogens is 192 g/mol. The van der Waals surface area contributed by atoms with E-state index in [1.807, 2.05) is 0 Å². The summed E-state index contributed by atoms with van der Waals surface area (Å²) in [5.74, 6) is -0.230. The Hall–Kier alpha value is -1.84. The molecule has 0 saturated heterocycles. The van der Waals surface area contributed by atoms with Gasteiger partial charge in [-0.05, 0) is 18.2 Å². The maximum absolute atomic E-state index is 11.3. The molecule has 0 atom stereocenters. The fraction of sp³-hybridized carbons (Fsp3) is 0.273. The second-order valence-electron chi connectivity index (χ2n) is 3.06. The number of anilines is 1. The highest BCUT2D eigenvalue weighted by molar-refractivity contribution is 5.96. The number of benzene rings is 1. The maximum Gasteiger partial charge on any atom is 0.251 e. The zero-order valence-electron chi connectivity index (χ0n) is 8.83. The van der Waals surface area contributed by atoms with Crippen LogP contribution in [-0.4, -0.2) is 18.9 Å². The molecule has 0 saturated carbocycles. The summed E-state index contributed by atoms with van der Waals surface area (Å²) in [6.45, 7) is 1.78. The topological polar surface area (TPSA) is 58.2 Å². The zero-order chi connectivity index (χ0) is 11.3. The van der Waals surface area contributed by atoms with Crippen molar-refractivity contribution in [1.29, 1.82) is 0 Å². The van der Waals surface area contributed by atoms with E-state index in [1.165, 1.54) is 0 Å². The van der Waals surface area contributed by atoms with Gasteiger partial charge in [-0.1, -0.05) is 13.0 Å². The zero-order valence-corrected chi connectivity index (χ0v) is 8.83. The fourth-order valence-corrected chi connectivity index (χ4v) is 1.13. The van der Waals surface area contributed by atoms with Gasteiger partial charge in [-0.15, -0.1) is 0 Å². The van der Waals surface area contributed by atoms with Gasteiger partial charge in [0.1, 0.15) is 0 Å². The Labute approximate surface area is 88.7 Å². The highest BCUT2D eigenvalue weighted by Gasteiger charge is 2.04. The van der Waals surface area contributed by atoms with Gasteiger partial charge in [-0.3, -0.25) is 9.59 Å². The van der Waals surface area contributed by atoms with E-state index in [2.05, 4.69) is 10.6 Å². The van der Waals surface area contributed by atoms with Crippen LogP contribution in [0.25, 0.3) is 0 Å². The lowest BCUT2D eigenvalue weighted by Gasteiger charge is -2.05. The Balaban J connectivity index is 2.83. The first-order chi connectivity index (χ1) is 7.17. The highest BCUT2D eigenvalue weighted by Crippen LogP contribution is 2.10. The van der Waals surface area contributed by atoms with Crippen LogP contribution in [0.5, 0.6) is 0 Å². The molecule has 2 N–H and O–H groups in total. The number of carbonyl (C=O) groups is 2. The molecule has 0 radical (unpaired) electrons. The van der Waals surface area contributed by atoms with Crippen molar-refractivity contribution in [1.82, 2.24) is 5.32 Å². The summed E-state index contributed by atoms with van der Waals surface area (Å²) >= 11 is 0. The van der Waals surface area contributed by atoms with Crippen LogP contribution < -0.4 is 10.6 Å². The first-order valence-corrected chi connectivity index (χ1v) is 4.79. The number of nitrogens with one attached hydrogen (secondary N) is 2. The van der Waals surface area contributed by atoms with Gasteiger partial charge in [-0.25, -0.2) is 0 Å². The highest BCUT2D eigenvalue weighted by atomic mass is 16.2. The van der Waals surface area contributed by atoms with E-state index in [4.69, 9.17) is 0 Å². The molecule has 0 aliphatic heterocycles. The monoisotopic (exact) mass is 206 g/mol. The lowest BCUT2D eigenvalue weighted by molar-refractivity contribution is -0.115. The second kappa shape index (κ2) is 5.14. The Morgan fingerprint density at radius 1 is 1.33 bits per heavy atom. The summed E-state index contributed by atoms with van der Waals surface area (Å²) in [7, 11) is 1.57. The van der Waals surface area contributed by atoms with Crippen molar-refractivity contribution in [2.75, 3.05) is 12.4 Å². The number of amides is 2. The standard InChI is InChI=1S/C11H14N2O2/c1-3-10(14)13-9-6-4-5-8(7-9)11(15)12-2/h4-7H,3H2,1-2H3,(H,12,15)(H,13,14). The third kappa shape index (κ3) is 3.09. The lowest BCUT2D eigenvalue weighted by Crippen LogP contribution is -2.18. The summed E-state index contributed by atoms with van der Waals surface area (Å²) in [6.07, 6.45) is 0.421. The molecule has 1 aromatic rings. The Bertz CT molecular complexity index is 375. The van der Waals surface area contributed by atoms with Crippen LogP contribution in [0.3, 0.4) is 0 Å². The summed E-state index contributed by atoms with van der Waals surface area (Å²) < 4.78 is 0. The molecule has 0 aliphatic rings. The van der Waals surface area contributed by atoms with E-state index in [1.54, 1.807) is 38.2 Å². The van der Waals surface area contributed by atoms with Gasteiger partial charge in [0.2, 0.25) is 5.91 Å². The fourth-order valence-electron chi connectivity index (χ4n) is 1.13. The first-order valence-electron chi connectivity index (χ1n) is 4.79. The average Bonchev–Trinajstić information content (AvgIpc) is 2.28. The number of carbonyl (C=O) groups excluding carboxylic acids is 2. The third-order valence-electron chi connectivity index (χ3n) is 1.96. The van der Waals surface area contributed by atoms with Gasteiger partial charge in [0.25, 0.3) is 5.91 Å². The number of hydrogen-bond donors (Lipinski definition) is 2. The minimum absolute atomic E-state index is 0.0657. The van der Waals surface area contributed by atoms with E-state index < -0.39 is 0 Å². The minimum atomic E-state index is -0.164. The van der Waals surface area contributed by atoms with Gasteiger partial charge in [0.05, 0.1) is 0 Å².